The molecule has 0 radical (unpaired) electrons. The van der Waals surface area contributed by atoms with Gasteiger partial charge in [-0.2, -0.15) is 0 Å². The molecular formula is C18H20FNO. The molecular weight excluding hydrogens is 265 g/mol. The van der Waals surface area contributed by atoms with Crippen LogP contribution in [-0.4, -0.2) is 18.6 Å². The fourth-order valence-corrected chi connectivity index (χ4v) is 3.04. The molecule has 1 heterocycles. The van der Waals surface area contributed by atoms with E-state index in [1.165, 1.54) is 30.5 Å². The number of nitrogens with zero attached hydrogens (tertiary/aromatic N) is 1. The number of rotatable bonds is 4. The van der Waals surface area contributed by atoms with Crippen LogP contribution in [0.4, 0.5) is 4.39 Å². The first-order valence-corrected chi connectivity index (χ1v) is 7.39. The van der Waals surface area contributed by atoms with Crippen LogP contribution in [0.25, 0.3) is 0 Å². The van der Waals surface area contributed by atoms with Crippen molar-refractivity contribution in [2.75, 3.05) is 13.7 Å². The van der Waals surface area contributed by atoms with E-state index < -0.39 is 0 Å². The van der Waals surface area contributed by atoms with Gasteiger partial charge in [-0.15, -0.1) is 0 Å². The van der Waals surface area contributed by atoms with E-state index in [9.17, 15) is 4.39 Å². The minimum atomic E-state index is -0.174. The average molecular weight is 285 g/mol. The monoisotopic (exact) mass is 285 g/mol. The fraction of sp³-hybridized carbons (Fsp3) is 0.333. The number of ether oxygens (including phenoxy) is 1. The molecule has 2 aromatic carbocycles. The molecule has 0 N–H and O–H groups in total. The topological polar surface area (TPSA) is 12.5 Å². The second-order valence-electron chi connectivity index (χ2n) is 5.53. The fourth-order valence-electron chi connectivity index (χ4n) is 3.04. The summed E-state index contributed by atoms with van der Waals surface area (Å²) >= 11 is 0. The van der Waals surface area contributed by atoms with E-state index in [-0.39, 0.29) is 5.82 Å². The molecule has 21 heavy (non-hydrogen) atoms. The Kier molecular flexibility index (Phi) is 4.20. The second kappa shape index (κ2) is 6.27. The van der Waals surface area contributed by atoms with Crippen molar-refractivity contribution in [3.05, 3.63) is 65.5 Å². The zero-order chi connectivity index (χ0) is 14.7. The van der Waals surface area contributed by atoms with E-state index in [1.807, 2.05) is 24.3 Å². The van der Waals surface area contributed by atoms with E-state index in [2.05, 4.69) is 17.0 Å². The average Bonchev–Trinajstić information content (AvgIpc) is 2.98. The molecule has 110 valence electrons. The van der Waals surface area contributed by atoms with E-state index in [0.29, 0.717) is 6.04 Å². The summed E-state index contributed by atoms with van der Waals surface area (Å²) in [5.74, 6) is 0.716. The Morgan fingerprint density at radius 1 is 1.10 bits per heavy atom. The van der Waals surface area contributed by atoms with Gasteiger partial charge in [-0.1, -0.05) is 24.3 Å². The summed E-state index contributed by atoms with van der Waals surface area (Å²) in [5, 5.41) is 0. The molecule has 0 aromatic heterocycles. The first-order valence-electron chi connectivity index (χ1n) is 7.39. The molecule has 0 aliphatic carbocycles. The van der Waals surface area contributed by atoms with Gasteiger partial charge in [-0.05, 0) is 54.8 Å². The first kappa shape index (κ1) is 14.1. The Labute approximate surface area is 125 Å². The van der Waals surface area contributed by atoms with Crippen molar-refractivity contribution in [1.82, 2.24) is 4.90 Å². The van der Waals surface area contributed by atoms with Crippen LogP contribution in [0.1, 0.15) is 30.0 Å². The highest BCUT2D eigenvalue weighted by Gasteiger charge is 2.25. The van der Waals surface area contributed by atoms with Crippen molar-refractivity contribution >= 4 is 0 Å². The molecule has 1 aliphatic heterocycles. The van der Waals surface area contributed by atoms with Gasteiger partial charge in [0.2, 0.25) is 0 Å². The third-order valence-corrected chi connectivity index (χ3v) is 4.16. The molecule has 3 rings (SSSR count). The summed E-state index contributed by atoms with van der Waals surface area (Å²) in [6, 6.07) is 15.6. The summed E-state index contributed by atoms with van der Waals surface area (Å²) < 4.78 is 18.2. The second-order valence-corrected chi connectivity index (χ2v) is 5.53. The van der Waals surface area contributed by atoms with E-state index in [1.54, 1.807) is 7.11 Å². The highest BCUT2D eigenvalue weighted by Crippen LogP contribution is 2.33. The molecule has 2 aromatic rings. The third kappa shape index (κ3) is 3.24. The van der Waals surface area contributed by atoms with Crippen LogP contribution in [0.15, 0.2) is 48.5 Å². The number of hydrogen-bond donors (Lipinski definition) is 0. The molecule has 0 unspecified atom stereocenters. The molecule has 3 heteroatoms. The van der Waals surface area contributed by atoms with Gasteiger partial charge in [0, 0.05) is 12.6 Å². The van der Waals surface area contributed by atoms with Crippen LogP contribution < -0.4 is 4.74 Å². The Morgan fingerprint density at radius 2 is 1.81 bits per heavy atom. The van der Waals surface area contributed by atoms with E-state index >= 15 is 0 Å². The van der Waals surface area contributed by atoms with Gasteiger partial charge >= 0.3 is 0 Å². The lowest BCUT2D eigenvalue weighted by Crippen LogP contribution is -2.22. The SMILES string of the molecule is COc1ccc([C@@H]2CCCN2Cc2ccc(F)cc2)cc1. The largest absolute Gasteiger partial charge is 0.497 e. The molecule has 1 saturated heterocycles. The lowest BCUT2D eigenvalue weighted by atomic mass is 10.0. The summed E-state index contributed by atoms with van der Waals surface area (Å²) in [6.07, 6.45) is 2.38. The maximum absolute atomic E-state index is 13.0. The number of halogens is 1. The van der Waals surface area contributed by atoms with Crippen molar-refractivity contribution in [2.45, 2.75) is 25.4 Å². The molecule has 1 aliphatic rings. The molecule has 0 spiro atoms. The number of benzene rings is 2. The maximum atomic E-state index is 13.0. The van der Waals surface area contributed by atoms with Crippen LogP contribution >= 0.6 is 0 Å². The van der Waals surface area contributed by atoms with Gasteiger partial charge in [0.25, 0.3) is 0 Å². The highest BCUT2D eigenvalue weighted by atomic mass is 19.1. The van der Waals surface area contributed by atoms with Crippen LogP contribution in [0.3, 0.4) is 0 Å². The third-order valence-electron chi connectivity index (χ3n) is 4.16. The van der Waals surface area contributed by atoms with Crippen LogP contribution in [0.2, 0.25) is 0 Å². The van der Waals surface area contributed by atoms with Gasteiger partial charge in [-0.25, -0.2) is 4.39 Å². The summed E-state index contributed by atoms with van der Waals surface area (Å²) in [4.78, 5) is 2.47. The molecule has 1 atom stereocenters. The maximum Gasteiger partial charge on any atom is 0.123 e. The van der Waals surface area contributed by atoms with Gasteiger partial charge < -0.3 is 4.74 Å². The predicted octanol–water partition coefficient (Wildman–Crippen LogP) is 4.17. The summed E-state index contributed by atoms with van der Waals surface area (Å²) in [5.41, 5.74) is 2.49. The van der Waals surface area contributed by atoms with Crippen molar-refractivity contribution in [3.63, 3.8) is 0 Å². The molecule has 0 amide bonds. The zero-order valence-electron chi connectivity index (χ0n) is 12.3. The Morgan fingerprint density at radius 3 is 2.48 bits per heavy atom. The van der Waals surface area contributed by atoms with Crippen LogP contribution in [0, 0.1) is 5.82 Å². The summed E-state index contributed by atoms with van der Waals surface area (Å²) in [7, 11) is 1.69. The van der Waals surface area contributed by atoms with Crippen molar-refractivity contribution < 1.29 is 9.13 Å². The standard InChI is InChI=1S/C18H20FNO/c1-21-17-10-6-15(7-11-17)18-3-2-12-20(18)13-14-4-8-16(19)9-5-14/h4-11,18H,2-3,12-13H2,1H3/t18-/m0/s1. The smallest absolute Gasteiger partial charge is 0.123 e. The van der Waals surface area contributed by atoms with E-state index in [4.69, 9.17) is 4.74 Å². The Bertz CT molecular complexity index is 579. The molecule has 1 fully saturated rings. The zero-order valence-corrected chi connectivity index (χ0v) is 12.3. The molecule has 2 nitrogen and oxygen atoms in total. The minimum Gasteiger partial charge on any atom is -0.497 e. The number of likely N-dealkylation sites (tertiary alicyclic amines) is 1. The molecule has 0 saturated carbocycles. The van der Waals surface area contributed by atoms with E-state index in [0.717, 1.165) is 24.4 Å². The van der Waals surface area contributed by atoms with Crippen LogP contribution in [-0.2, 0) is 6.54 Å². The van der Waals surface area contributed by atoms with Crippen LogP contribution in [0.5, 0.6) is 5.75 Å². The number of hydrogen-bond acceptors (Lipinski definition) is 2. The van der Waals surface area contributed by atoms with Crippen molar-refractivity contribution in [2.24, 2.45) is 0 Å². The lowest BCUT2D eigenvalue weighted by molar-refractivity contribution is 0.248. The predicted molar refractivity (Wildman–Crippen MR) is 81.8 cm³/mol. The summed E-state index contributed by atoms with van der Waals surface area (Å²) in [6.45, 7) is 1.96. The normalized spacial score (nSPS) is 18.9. The molecule has 0 bridgehead atoms. The quantitative estimate of drug-likeness (QED) is 0.836. The van der Waals surface area contributed by atoms with Crippen molar-refractivity contribution in [3.8, 4) is 5.75 Å². The lowest BCUT2D eigenvalue weighted by Gasteiger charge is -2.25. The highest BCUT2D eigenvalue weighted by molar-refractivity contribution is 5.30. The van der Waals surface area contributed by atoms with Gasteiger partial charge in [0.05, 0.1) is 7.11 Å². The first-order chi connectivity index (χ1) is 10.3. The van der Waals surface area contributed by atoms with Crippen molar-refractivity contribution in [1.29, 1.82) is 0 Å². The van der Waals surface area contributed by atoms with Gasteiger partial charge in [-0.3, -0.25) is 4.90 Å². The van der Waals surface area contributed by atoms with Gasteiger partial charge in [0.15, 0.2) is 0 Å². The van der Waals surface area contributed by atoms with Gasteiger partial charge in [0.1, 0.15) is 11.6 Å². The Hall–Kier alpha value is -1.87. The Balaban J connectivity index is 1.73. The number of methoxy groups -OCH3 is 1. The minimum absolute atomic E-state index is 0.174.